The molecule has 1 aromatic rings. The Morgan fingerprint density at radius 1 is 1.32 bits per heavy atom. The van der Waals surface area contributed by atoms with Gasteiger partial charge in [-0.1, -0.05) is 30.2 Å². The Kier molecular flexibility index (Phi) is 6.16. The van der Waals surface area contributed by atoms with E-state index >= 15 is 0 Å². The Hall–Kier alpha value is -0.530. The van der Waals surface area contributed by atoms with Crippen molar-refractivity contribution in [2.24, 2.45) is 16.3 Å². The summed E-state index contributed by atoms with van der Waals surface area (Å²) in [4.78, 5) is 4.43. The zero-order valence-corrected chi connectivity index (χ0v) is 17.7. The Labute approximate surface area is 172 Å². The van der Waals surface area contributed by atoms with E-state index in [9.17, 15) is 0 Å². The maximum absolute atomic E-state index is 5.99. The highest BCUT2D eigenvalue weighted by molar-refractivity contribution is 14.0. The van der Waals surface area contributed by atoms with Crippen molar-refractivity contribution in [1.29, 1.82) is 0 Å². The van der Waals surface area contributed by atoms with Crippen LogP contribution in [0, 0.1) is 11.3 Å². The van der Waals surface area contributed by atoms with Gasteiger partial charge in [-0.05, 0) is 43.4 Å². The minimum atomic E-state index is 0. The predicted molar refractivity (Wildman–Crippen MR) is 113 cm³/mol. The summed E-state index contributed by atoms with van der Waals surface area (Å²) < 4.78 is 5.99. The van der Waals surface area contributed by atoms with E-state index in [0.29, 0.717) is 23.5 Å². The van der Waals surface area contributed by atoms with Gasteiger partial charge in [0.25, 0.3) is 0 Å². The van der Waals surface area contributed by atoms with Crippen molar-refractivity contribution in [1.82, 2.24) is 10.6 Å². The van der Waals surface area contributed by atoms with E-state index in [1.54, 1.807) is 0 Å². The predicted octanol–water partition coefficient (Wildman–Crippen LogP) is 3.62. The van der Waals surface area contributed by atoms with Crippen LogP contribution in [0.5, 0.6) is 0 Å². The maximum atomic E-state index is 5.99. The molecule has 138 valence electrons. The van der Waals surface area contributed by atoms with E-state index in [1.165, 1.54) is 31.2 Å². The van der Waals surface area contributed by atoms with Crippen LogP contribution in [0.25, 0.3) is 0 Å². The zero-order chi connectivity index (χ0) is 16.6. The molecule has 1 saturated heterocycles. The largest absolute Gasteiger partial charge is 0.377 e. The van der Waals surface area contributed by atoms with Crippen molar-refractivity contribution in [2.45, 2.75) is 44.2 Å². The summed E-state index contributed by atoms with van der Waals surface area (Å²) in [5.41, 5.74) is 1.67. The lowest BCUT2D eigenvalue weighted by atomic mass is 9.46. The molecule has 3 aliphatic rings. The van der Waals surface area contributed by atoms with Gasteiger partial charge in [-0.3, -0.25) is 4.99 Å². The van der Waals surface area contributed by atoms with Gasteiger partial charge in [-0.2, -0.15) is 0 Å². The number of nitrogens with zero attached hydrogens (tertiary/aromatic N) is 1. The Morgan fingerprint density at radius 2 is 2.08 bits per heavy atom. The number of nitrogens with one attached hydrogen (secondary N) is 2. The van der Waals surface area contributed by atoms with Gasteiger partial charge in [-0.15, -0.1) is 24.0 Å². The molecule has 3 atom stereocenters. The van der Waals surface area contributed by atoms with Crippen LogP contribution in [0.4, 0.5) is 0 Å². The van der Waals surface area contributed by atoms with Crippen molar-refractivity contribution in [3.63, 3.8) is 0 Å². The smallest absolute Gasteiger partial charge is 0.191 e. The Balaban J connectivity index is 0.00000182. The first-order chi connectivity index (χ1) is 11.7. The molecule has 0 amide bonds. The average molecular weight is 476 g/mol. The van der Waals surface area contributed by atoms with Gasteiger partial charge in [0.1, 0.15) is 0 Å². The van der Waals surface area contributed by atoms with Crippen molar-refractivity contribution >= 4 is 41.5 Å². The molecule has 0 bridgehead atoms. The number of ether oxygens (including phenoxy) is 1. The van der Waals surface area contributed by atoms with Crippen LogP contribution < -0.4 is 10.6 Å². The standard InChI is InChI=1S/C19H26ClN3O.HI/c1-21-18(22-11-7-13-3-5-14(20)6-4-13)23-16-15-8-12-24-17(15)19(16)9-2-10-19;/h3-6,15-17H,2,7-12H2,1H3,(H2,21,22,23);1H. The Bertz CT molecular complexity index is 618. The third-order valence-electron chi connectivity index (χ3n) is 6.17. The van der Waals surface area contributed by atoms with Crippen molar-refractivity contribution < 1.29 is 4.74 Å². The summed E-state index contributed by atoms with van der Waals surface area (Å²) in [7, 11) is 1.85. The molecule has 1 spiro atoms. The number of hydrogen-bond acceptors (Lipinski definition) is 2. The van der Waals surface area contributed by atoms with Crippen LogP contribution in [-0.2, 0) is 11.2 Å². The Morgan fingerprint density at radius 3 is 2.72 bits per heavy atom. The third-order valence-corrected chi connectivity index (χ3v) is 6.42. The van der Waals surface area contributed by atoms with Gasteiger partial charge in [0.05, 0.1) is 6.10 Å². The molecule has 0 radical (unpaired) electrons. The van der Waals surface area contributed by atoms with E-state index in [2.05, 4.69) is 27.8 Å². The van der Waals surface area contributed by atoms with Crippen LogP contribution in [0.3, 0.4) is 0 Å². The summed E-state index contributed by atoms with van der Waals surface area (Å²) in [6, 6.07) is 8.57. The lowest BCUT2D eigenvalue weighted by Gasteiger charge is -2.63. The van der Waals surface area contributed by atoms with Crippen LogP contribution in [0.2, 0.25) is 5.02 Å². The fraction of sp³-hybridized carbons (Fsp3) is 0.632. The van der Waals surface area contributed by atoms with Gasteiger partial charge in [0, 0.05) is 42.6 Å². The highest BCUT2D eigenvalue weighted by atomic mass is 127. The molecule has 1 aliphatic heterocycles. The van der Waals surface area contributed by atoms with Crippen LogP contribution in [0.1, 0.15) is 31.2 Å². The normalized spacial score (nSPS) is 29.2. The number of aliphatic imine (C=N–C) groups is 1. The van der Waals surface area contributed by atoms with E-state index in [4.69, 9.17) is 16.3 Å². The molecule has 0 aromatic heterocycles. The first-order valence-corrected chi connectivity index (χ1v) is 9.44. The monoisotopic (exact) mass is 475 g/mol. The average Bonchev–Trinajstić information content (AvgIpc) is 2.96. The molecule has 2 saturated carbocycles. The first kappa shape index (κ1) is 19.2. The van der Waals surface area contributed by atoms with E-state index < -0.39 is 0 Å². The molecule has 2 aliphatic carbocycles. The van der Waals surface area contributed by atoms with Gasteiger partial charge < -0.3 is 15.4 Å². The SMILES string of the molecule is CN=C(NCCc1ccc(Cl)cc1)NC1C2CCOC2C12CCC2.I. The lowest BCUT2D eigenvalue weighted by molar-refractivity contribution is -0.171. The second kappa shape index (κ2) is 8.01. The van der Waals surface area contributed by atoms with E-state index in [1.807, 2.05) is 19.2 Å². The van der Waals surface area contributed by atoms with Gasteiger partial charge in [0.15, 0.2) is 5.96 Å². The molecular weight excluding hydrogens is 449 g/mol. The second-order valence-corrected chi connectivity index (χ2v) is 7.76. The van der Waals surface area contributed by atoms with Gasteiger partial charge in [-0.25, -0.2) is 0 Å². The number of guanidine groups is 1. The second-order valence-electron chi connectivity index (χ2n) is 7.33. The molecule has 3 unspecified atom stereocenters. The number of rotatable bonds is 4. The highest BCUT2D eigenvalue weighted by Crippen LogP contribution is 2.62. The van der Waals surface area contributed by atoms with Crippen molar-refractivity contribution in [3.05, 3.63) is 34.9 Å². The maximum Gasteiger partial charge on any atom is 0.191 e. The lowest BCUT2D eigenvalue weighted by Crippen LogP contribution is -2.72. The fourth-order valence-corrected chi connectivity index (χ4v) is 4.90. The van der Waals surface area contributed by atoms with E-state index in [-0.39, 0.29) is 24.0 Å². The minimum absolute atomic E-state index is 0. The molecule has 6 heteroatoms. The fourth-order valence-electron chi connectivity index (χ4n) is 4.77. The molecule has 25 heavy (non-hydrogen) atoms. The molecule has 1 heterocycles. The van der Waals surface area contributed by atoms with Crippen LogP contribution in [-0.4, -0.2) is 38.3 Å². The summed E-state index contributed by atoms with van der Waals surface area (Å²) in [5.74, 6) is 1.59. The summed E-state index contributed by atoms with van der Waals surface area (Å²) in [6.07, 6.45) is 6.58. The topological polar surface area (TPSA) is 45.7 Å². The third kappa shape index (κ3) is 3.52. The summed E-state index contributed by atoms with van der Waals surface area (Å²) >= 11 is 5.93. The molecule has 4 nitrogen and oxygen atoms in total. The minimum Gasteiger partial charge on any atom is -0.377 e. The number of hydrogen-bond donors (Lipinski definition) is 2. The molecule has 3 fully saturated rings. The number of fused-ring (bicyclic) bond motifs is 2. The van der Waals surface area contributed by atoms with Gasteiger partial charge >= 0.3 is 0 Å². The summed E-state index contributed by atoms with van der Waals surface area (Å²) in [5, 5.41) is 7.95. The van der Waals surface area contributed by atoms with Crippen molar-refractivity contribution in [3.8, 4) is 0 Å². The molecule has 2 N–H and O–H groups in total. The first-order valence-electron chi connectivity index (χ1n) is 9.06. The van der Waals surface area contributed by atoms with Gasteiger partial charge in [0.2, 0.25) is 0 Å². The molecular formula is C19H27ClIN3O. The quantitative estimate of drug-likeness (QED) is 0.397. The van der Waals surface area contributed by atoms with Crippen LogP contribution >= 0.6 is 35.6 Å². The zero-order valence-electron chi connectivity index (χ0n) is 14.6. The molecule has 1 aromatic carbocycles. The molecule has 4 rings (SSSR count). The van der Waals surface area contributed by atoms with E-state index in [0.717, 1.165) is 30.6 Å². The summed E-state index contributed by atoms with van der Waals surface area (Å²) in [6.45, 7) is 1.80. The number of halogens is 2. The number of benzene rings is 1. The van der Waals surface area contributed by atoms with Crippen molar-refractivity contribution in [2.75, 3.05) is 20.2 Å². The van der Waals surface area contributed by atoms with Crippen LogP contribution in [0.15, 0.2) is 29.3 Å². The highest BCUT2D eigenvalue weighted by Gasteiger charge is 2.66.